The summed E-state index contributed by atoms with van der Waals surface area (Å²) >= 11 is 1.68. The van der Waals surface area contributed by atoms with Crippen molar-refractivity contribution in [3.63, 3.8) is 0 Å². The average molecular weight is 350 g/mol. The van der Waals surface area contributed by atoms with Gasteiger partial charge in [0.15, 0.2) is 0 Å². The van der Waals surface area contributed by atoms with E-state index >= 15 is 0 Å². The lowest BCUT2D eigenvalue weighted by Gasteiger charge is -2.36. The van der Waals surface area contributed by atoms with Gasteiger partial charge in [0.1, 0.15) is 0 Å². The molecule has 1 atom stereocenters. The molecule has 2 aliphatic rings. The first-order valence-corrected chi connectivity index (χ1v) is 9.99. The van der Waals surface area contributed by atoms with Gasteiger partial charge < -0.3 is 10.2 Å². The molecular formula is C18H27N3O2S. The van der Waals surface area contributed by atoms with Crippen molar-refractivity contribution in [1.29, 1.82) is 0 Å². The first-order valence-electron chi connectivity index (χ1n) is 9.11. The van der Waals surface area contributed by atoms with E-state index in [-0.39, 0.29) is 17.7 Å². The molecule has 2 fully saturated rings. The number of rotatable bonds is 6. The summed E-state index contributed by atoms with van der Waals surface area (Å²) < 4.78 is 0. The minimum atomic E-state index is -0.0339. The quantitative estimate of drug-likeness (QED) is 0.803. The Balaban J connectivity index is 1.42. The Morgan fingerprint density at radius 3 is 2.88 bits per heavy atom. The van der Waals surface area contributed by atoms with Crippen LogP contribution in [0.15, 0.2) is 5.51 Å². The number of thiazole rings is 1. The number of hydrogen-bond donors (Lipinski definition) is 1. The molecule has 1 aliphatic heterocycles. The van der Waals surface area contributed by atoms with Gasteiger partial charge in [-0.05, 0) is 39.0 Å². The number of amides is 2. The van der Waals surface area contributed by atoms with Gasteiger partial charge in [-0.2, -0.15) is 0 Å². The standard InChI is InChI=1S/C18H27N3O2S/c1-13-16(24-12-20-13)7-4-10-19-18(23)14-8-9-17(22)21(11-14)15-5-2-3-6-15/h12,14-15H,2-11H2,1H3,(H,19,23). The van der Waals surface area contributed by atoms with E-state index in [2.05, 4.69) is 10.3 Å². The van der Waals surface area contributed by atoms with E-state index in [0.29, 0.717) is 32.0 Å². The molecule has 6 heteroatoms. The molecule has 5 nitrogen and oxygen atoms in total. The van der Waals surface area contributed by atoms with Crippen LogP contribution in [0, 0.1) is 12.8 Å². The molecule has 0 aromatic carbocycles. The van der Waals surface area contributed by atoms with Crippen LogP contribution >= 0.6 is 11.3 Å². The second-order valence-electron chi connectivity index (χ2n) is 6.98. The first-order chi connectivity index (χ1) is 11.6. The smallest absolute Gasteiger partial charge is 0.224 e. The van der Waals surface area contributed by atoms with Crippen LogP contribution in [0.3, 0.4) is 0 Å². The third-order valence-corrected chi connectivity index (χ3v) is 6.30. The Hall–Kier alpha value is -1.43. The Kier molecular flexibility index (Phi) is 5.87. The fourth-order valence-corrected chi connectivity index (χ4v) is 4.65. The summed E-state index contributed by atoms with van der Waals surface area (Å²) in [6, 6.07) is 0.377. The number of hydrogen-bond acceptors (Lipinski definition) is 4. The summed E-state index contributed by atoms with van der Waals surface area (Å²) in [5, 5.41) is 3.07. The maximum Gasteiger partial charge on any atom is 0.224 e. The minimum absolute atomic E-state index is 0.0339. The molecule has 3 rings (SSSR count). The highest BCUT2D eigenvalue weighted by atomic mass is 32.1. The second kappa shape index (κ2) is 8.10. The van der Waals surface area contributed by atoms with Gasteiger partial charge in [0.2, 0.25) is 11.8 Å². The van der Waals surface area contributed by atoms with Crippen molar-refractivity contribution in [2.45, 2.75) is 64.3 Å². The summed E-state index contributed by atoms with van der Waals surface area (Å²) in [7, 11) is 0. The van der Waals surface area contributed by atoms with Crippen molar-refractivity contribution in [1.82, 2.24) is 15.2 Å². The predicted octanol–water partition coefficient (Wildman–Crippen LogP) is 2.68. The van der Waals surface area contributed by atoms with Crippen LogP contribution in [0.5, 0.6) is 0 Å². The first kappa shape index (κ1) is 17.4. The number of nitrogens with one attached hydrogen (secondary N) is 1. The zero-order valence-corrected chi connectivity index (χ0v) is 15.2. The van der Waals surface area contributed by atoms with E-state index in [0.717, 1.165) is 31.4 Å². The number of aryl methyl sites for hydroxylation is 2. The molecule has 1 aromatic rings. The molecule has 1 aliphatic carbocycles. The third kappa shape index (κ3) is 4.15. The van der Waals surface area contributed by atoms with Gasteiger partial charge >= 0.3 is 0 Å². The van der Waals surface area contributed by atoms with Gasteiger partial charge in [-0.15, -0.1) is 11.3 Å². The van der Waals surface area contributed by atoms with E-state index in [1.54, 1.807) is 11.3 Å². The van der Waals surface area contributed by atoms with E-state index in [1.165, 1.54) is 17.7 Å². The number of aromatic nitrogens is 1. The average Bonchev–Trinajstić information content (AvgIpc) is 3.24. The number of piperidine rings is 1. The fourth-order valence-electron chi connectivity index (χ4n) is 3.83. The van der Waals surface area contributed by atoms with Crippen molar-refractivity contribution in [2.24, 2.45) is 5.92 Å². The number of nitrogens with zero attached hydrogens (tertiary/aromatic N) is 2. The van der Waals surface area contributed by atoms with Crippen molar-refractivity contribution in [3.8, 4) is 0 Å². The lowest BCUT2D eigenvalue weighted by atomic mass is 9.95. The SMILES string of the molecule is Cc1ncsc1CCCNC(=O)C1CCC(=O)N(C2CCCC2)C1. The van der Waals surface area contributed by atoms with E-state index < -0.39 is 0 Å². The molecule has 1 aromatic heterocycles. The second-order valence-corrected chi connectivity index (χ2v) is 7.91. The minimum Gasteiger partial charge on any atom is -0.356 e. The molecule has 1 saturated carbocycles. The van der Waals surface area contributed by atoms with Crippen LogP contribution in [0.4, 0.5) is 0 Å². The van der Waals surface area contributed by atoms with Gasteiger partial charge in [0, 0.05) is 30.4 Å². The predicted molar refractivity (Wildman–Crippen MR) is 94.9 cm³/mol. The Morgan fingerprint density at radius 2 is 2.17 bits per heavy atom. The summed E-state index contributed by atoms with van der Waals surface area (Å²) in [6.45, 7) is 3.34. The lowest BCUT2D eigenvalue weighted by Crippen LogP contribution is -2.49. The molecule has 2 heterocycles. The van der Waals surface area contributed by atoms with Crippen LogP contribution < -0.4 is 5.32 Å². The molecule has 2 amide bonds. The van der Waals surface area contributed by atoms with Gasteiger partial charge in [-0.25, -0.2) is 4.98 Å². The summed E-state index contributed by atoms with van der Waals surface area (Å²) in [5.74, 6) is 0.326. The van der Waals surface area contributed by atoms with Gasteiger partial charge in [0.25, 0.3) is 0 Å². The van der Waals surface area contributed by atoms with Crippen LogP contribution in [-0.2, 0) is 16.0 Å². The molecule has 132 valence electrons. The van der Waals surface area contributed by atoms with Crippen molar-refractivity contribution < 1.29 is 9.59 Å². The molecule has 1 saturated heterocycles. The number of likely N-dealkylation sites (tertiary alicyclic amines) is 1. The Bertz CT molecular complexity index is 581. The topological polar surface area (TPSA) is 62.3 Å². The molecular weight excluding hydrogens is 322 g/mol. The molecule has 0 radical (unpaired) electrons. The zero-order chi connectivity index (χ0) is 16.9. The van der Waals surface area contributed by atoms with Crippen LogP contribution in [0.1, 0.15) is 55.5 Å². The Morgan fingerprint density at radius 1 is 1.38 bits per heavy atom. The van der Waals surface area contributed by atoms with E-state index in [4.69, 9.17) is 0 Å². The highest BCUT2D eigenvalue weighted by Gasteiger charge is 2.34. The monoisotopic (exact) mass is 349 g/mol. The highest BCUT2D eigenvalue weighted by molar-refractivity contribution is 7.09. The summed E-state index contributed by atoms with van der Waals surface area (Å²) in [5.41, 5.74) is 2.98. The zero-order valence-electron chi connectivity index (χ0n) is 14.4. The molecule has 0 spiro atoms. The van der Waals surface area contributed by atoms with Crippen LogP contribution in [0.25, 0.3) is 0 Å². The largest absolute Gasteiger partial charge is 0.356 e. The lowest BCUT2D eigenvalue weighted by molar-refractivity contribution is -0.140. The van der Waals surface area contributed by atoms with Gasteiger partial charge in [0.05, 0.1) is 17.1 Å². The highest BCUT2D eigenvalue weighted by Crippen LogP contribution is 2.28. The number of carbonyl (C=O) groups excluding carboxylic acids is 2. The molecule has 1 unspecified atom stereocenters. The molecule has 1 N–H and O–H groups in total. The van der Waals surface area contributed by atoms with Crippen molar-refractivity contribution >= 4 is 23.2 Å². The van der Waals surface area contributed by atoms with Crippen LogP contribution in [0.2, 0.25) is 0 Å². The fraction of sp³-hybridized carbons (Fsp3) is 0.722. The summed E-state index contributed by atoms with van der Waals surface area (Å²) in [4.78, 5) is 32.1. The normalized spacial score (nSPS) is 22.1. The van der Waals surface area contributed by atoms with Crippen molar-refractivity contribution in [2.75, 3.05) is 13.1 Å². The van der Waals surface area contributed by atoms with E-state index in [9.17, 15) is 9.59 Å². The van der Waals surface area contributed by atoms with Gasteiger partial charge in [-0.1, -0.05) is 12.8 Å². The maximum absolute atomic E-state index is 12.4. The molecule has 0 bridgehead atoms. The van der Waals surface area contributed by atoms with Crippen molar-refractivity contribution in [3.05, 3.63) is 16.1 Å². The summed E-state index contributed by atoms with van der Waals surface area (Å²) in [6.07, 6.45) is 7.75. The number of carbonyl (C=O) groups is 2. The molecule has 24 heavy (non-hydrogen) atoms. The third-order valence-electron chi connectivity index (χ3n) is 5.31. The van der Waals surface area contributed by atoms with Crippen LogP contribution in [-0.4, -0.2) is 40.8 Å². The van der Waals surface area contributed by atoms with Gasteiger partial charge in [-0.3, -0.25) is 9.59 Å². The Labute approximate surface area is 147 Å². The maximum atomic E-state index is 12.4. The van der Waals surface area contributed by atoms with E-state index in [1.807, 2.05) is 17.3 Å².